The predicted octanol–water partition coefficient (Wildman–Crippen LogP) is 5.05. The van der Waals surface area contributed by atoms with Crippen LogP contribution in [-0.2, 0) is 35.7 Å². The number of halogens is 2. The minimum absolute atomic E-state index is 0.0927. The molecule has 3 aromatic heterocycles. The fourth-order valence-corrected chi connectivity index (χ4v) is 7.09. The van der Waals surface area contributed by atoms with Crippen molar-refractivity contribution in [2.45, 2.75) is 39.2 Å². The predicted molar refractivity (Wildman–Crippen MR) is 167 cm³/mol. The number of benzene rings is 2. The number of nitrogens with one attached hydrogen (secondary N) is 1. The Morgan fingerprint density at radius 1 is 1.22 bits per heavy atom. The summed E-state index contributed by atoms with van der Waals surface area (Å²) in [4.78, 5) is 11.7. The molecule has 0 saturated carbocycles. The van der Waals surface area contributed by atoms with Crippen LogP contribution < -0.4 is 15.8 Å². The van der Waals surface area contributed by atoms with Gasteiger partial charge in [0.25, 0.3) is 0 Å². The number of nitrogens with two attached hydrogens (primary N) is 1. The highest BCUT2D eigenvalue weighted by Gasteiger charge is 2.30. The molecule has 45 heavy (non-hydrogen) atoms. The number of thiophene rings is 1. The Balaban J connectivity index is 1.40. The molecule has 0 radical (unpaired) electrons. The maximum atomic E-state index is 15.0. The molecule has 0 aliphatic carbocycles. The van der Waals surface area contributed by atoms with Crippen molar-refractivity contribution in [3.63, 3.8) is 0 Å². The van der Waals surface area contributed by atoms with Crippen LogP contribution in [-0.4, -0.2) is 64.5 Å². The van der Waals surface area contributed by atoms with E-state index in [-0.39, 0.29) is 58.8 Å². The summed E-state index contributed by atoms with van der Waals surface area (Å²) in [6.07, 6.45) is 0.453. The highest BCUT2D eigenvalue weighted by molar-refractivity contribution is 7.23. The minimum Gasteiger partial charge on any atom is -0.461 e. The van der Waals surface area contributed by atoms with Crippen LogP contribution >= 0.6 is 22.9 Å². The Labute approximate surface area is 265 Å². The van der Waals surface area contributed by atoms with Gasteiger partial charge in [0.1, 0.15) is 35.4 Å². The van der Waals surface area contributed by atoms with E-state index in [9.17, 15) is 9.65 Å². The molecule has 1 saturated heterocycles. The number of anilines is 2. The molecule has 232 valence electrons. The average molecular weight is 651 g/mol. The number of aromatic nitrogens is 4. The summed E-state index contributed by atoms with van der Waals surface area (Å²) < 4.78 is 38.9. The van der Waals surface area contributed by atoms with Crippen LogP contribution in [0.3, 0.4) is 0 Å². The monoisotopic (exact) mass is 650 g/mol. The minimum atomic E-state index is -0.468. The third-order valence-corrected chi connectivity index (χ3v) is 9.33. The van der Waals surface area contributed by atoms with Gasteiger partial charge in [-0.05, 0) is 29.8 Å². The summed E-state index contributed by atoms with van der Waals surface area (Å²) in [6.45, 7) is 5.02. The second kappa shape index (κ2) is 12.0. The molecule has 12 nitrogen and oxygen atoms in total. The molecule has 2 aromatic carbocycles. The van der Waals surface area contributed by atoms with E-state index in [4.69, 9.17) is 45.9 Å². The van der Waals surface area contributed by atoms with Gasteiger partial charge in [-0.3, -0.25) is 0 Å². The van der Waals surface area contributed by atoms with Gasteiger partial charge >= 0.3 is 6.01 Å². The van der Waals surface area contributed by atoms with Gasteiger partial charge < -0.3 is 34.6 Å². The molecule has 0 spiro atoms. The topological polar surface area (TPSA) is 157 Å². The molecule has 3 N–H and O–H groups in total. The highest BCUT2D eigenvalue weighted by Crippen LogP contribution is 2.49. The van der Waals surface area contributed by atoms with Crippen LogP contribution in [0.5, 0.6) is 6.01 Å². The molecule has 0 amide bonds. The van der Waals surface area contributed by atoms with Crippen LogP contribution in [0.1, 0.15) is 35.4 Å². The lowest BCUT2D eigenvalue weighted by atomic mass is 9.91. The van der Waals surface area contributed by atoms with Gasteiger partial charge in [0, 0.05) is 30.5 Å². The summed E-state index contributed by atoms with van der Waals surface area (Å²) in [6, 6.07) is 5.21. The molecule has 5 heterocycles. The number of ether oxygens (including phenoxy) is 3. The van der Waals surface area contributed by atoms with Crippen LogP contribution in [0.2, 0.25) is 5.02 Å². The number of hydrogen-bond acceptors (Lipinski definition) is 13. The van der Waals surface area contributed by atoms with E-state index in [2.05, 4.69) is 26.5 Å². The van der Waals surface area contributed by atoms with E-state index in [1.807, 2.05) is 14.0 Å². The molecule has 1 atom stereocenters. The number of morpholine rings is 1. The smallest absolute Gasteiger partial charge is 0.319 e. The van der Waals surface area contributed by atoms with Gasteiger partial charge in [-0.25, -0.2) is 4.39 Å². The fourth-order valence-electron chi connectivity index (χ4n) is 5.79. The van der Waals surface area contributed by atoms with Crippen molar-refractivity contribution in [1.82, 2.24) is 25.1 Å². The Morgan fingerprint density at radius 2 is 2.04 bits per heavy atom. The van der Waals surface area contributed by atoms with Crippen LogP contribution in [0.4, 0.5) is 15.2 Å². The number of aryl methyl sites for hydroxylation is 1. The van der Waals surface area contributed by atoms with E-state index in [0.717, 1.165) is 29.0 Å². The summed E-state index contributed by atoms with van der Waals surface area (Å²) >= 11 is 8.28. The quantitative estimate of drug-likeness (QED) is 0.230. The zero-order chi connectivity index (χ0) is 31.2. The second-order valence-corrected chi connectivity index (χ2v) is 12.3. The van der Waals surface area contributed by atoms with Crippen molar-refractivity contribution in [2.24, 2.45) is 0 Å². The second-order valence-electron chi connectivity index (χ2n) is 10.8. The number of rotatable bonds is 8. The van der Waals surface area contributed by atoms with E-state index in [0.29, 0.717) is 64.6 Å². The van der Waals surface area contributed by atoms with E-state index >= 15 is 0 Å². The lowest BCUT2D eigenvalue weighted by molar-refractivity contribution is -0.0416. The largest absolute Gasteiger partial charge is 0.461 e. The third kappa shape index (κ3) is 5.30. The Kier molecular flexibility index (Phi) is 7.88. The first kappa shape index (κ1) is 29.6. The first-order valence-electron chi connectivity index (χ1n) is 14.4. The summed E-state index contributed by atoms with van der Waals surface area (Å²) in [7, 11) is 2.03. The SMILES string of the molecule is CCc1nnc(CNc2nc(OC[C@H]3CN(C)CCO3)nc3c(Cl)c(-c4ccc(F)c5sc(N)c(C#N)c45)c4c(c23)COC4)o1. The van der Waals surface area contributed by atoms with Crippen molar-refractivity contribution >= 4 is 54.7 Å². The maximum Gasteiger partial charge on any atom is 0.319 e. The molecule has 0 unspecified atom stereocenters. The number of fused-ring (bicyclic) bond motifs is 4. The lowest BCUT2D eigenvalue weighted by Crippen LogP contribution is -2.42. The highest BCUT2D eigenvalue weighted by atomic mass is 35.5. The molecule has 0 bridgehead atoms. The van der Waals surface area contributed by atoms with Crippen molar-refractivity contribution in [2.75, 3.05) is 44.4 Å². The van der Waals surface area contributed by atoms with Crippen LogP contribution in [0.25, 0.3) is 32.1 Å². The molecule has 1 fully saturated rings. The third-order valence-electron chi connectivity index (χ3n) is 7.93. The van der Waals surface area contributed by atoms with Gasteiger partial charge in [0.15, 0.2) is 0 Å². The van der Waals surface area contributed by atoms with Crippen molar-refractivity contribution in [3.8, 4) is 23.2 Å². The lowest BCUT2D eigenvalue weighted by Gasteiger charge is -2.29. The number of nitriles is 1. The maximum absolute atomic E-state index is 15.0. The van der Waals surface area contributed by atoms with Gasteiger partial charge in [-0.15, -0.1) is 21.5 Å². The number of likely N-dealkylation sites (N-methyl/N-ethyl adjacent to an activating group) is 1. The first-order valence-corrected chi connectivity index (χ1v) is 15.6. The normalized spacial score (nSPS) is 16.7. The molecular formula is C30H28ClFN8O4S. The molecule has 7 rings (SSSR count). The molecular weight excluding hydrogens is 623 g/mol. The number of hydrogen-bond donors (Lipinski definition) is 2. The molecule has 5 aromatic rings. The average Bonchev–Trinajstić information content (AvgIpc) is 3.79. The summed E-state index contributed by atoms with van der Waals surface area (Å²) in [5, 5.41) is 23.0. The number of nitrogens with zero attached hydrogens (tertiary/aromatic N) is 6. The molecule has 2 aliphatic heterocycles. The van der Waals surface area contributed by atoms with Crippen LogP contribution in [0, 0.1) is 17.1 Å². The Morgan fingerprint density at radius 3 is 2.82 bits per heavy atom. The van der Waals surface area contributed by atoms with Gasteiger partial charge in [-0.1, -0.05) is 24.6 Å². The number of nitrogen functional groups attached to an aromatic ring is 1. The first-order chi connectivity index (χ1) is 21.9. The molecule has 15 heteroatoms. The van der Waals surface area contributed by atoms with Crippen molar-refractivity contribution < 1.29 is 23.0 Å². The Bertz CT molecular complexity index is 1990. The zero-order valence-corrected chi connectivity index (χ0v) is 26.0. The summed E-state index contributed by atoms with van der Waals surface area (Å²) in [5.41, 5.74) is 9.52. The van der Waals surface area contributed by atoms with Gasteiger partial charge in [0.2, 0.25) is 11.8 Å². The van der Waals surface area contributed by atoms with E-state index in [1.54, 1.807) is 6.07 Å². The van der Waals surface area contributed by atoms with Gasteiger partial charge in [0.05, 0.1) is 52.6 Å². The van der Waals surface area contributed by atoms with E-state index in [1.165, 1.54) is 6.07 Å². The van der Waals surface area contributed by atoms with Crippen LogP contribution in [0.15, 0.2) is 16.5 Å². The Hall–Kier alpha value is -4.13. The summed E-state index contributed by atoms with van der Waals surface area (Å²) in [5.74, 6) is 0.899. The van der Waals surface area contributed by atoms with Gasteiger partial charge in [-0.2, -0.15) is 15.2 Å². The van der Waals surface area contributed by atoms with Crippen molar-refractivity contribution in [3.05, 3.63) is 51.4 Å². The fraction of sp³-hybridized carbons (Fsp3) is 0.367. The zero-order valence-electron chi connectivity index (χ0n) is 24.4. The van der Waals surface area contributed by atoms with Crippen molar-refractivity contribution in [1.29, 1.82) is 5.26 Å². The molecule has 2 aliphatic rings. The van der Waals surface area contributed by atoms with E-state index < -0.39 is 5.82 Å². The standard InChI is InChI=1S/C30H28ClFN8O4S/c1-3-20-38-39-21(44-20)9-35-29-24-18-13-41-12-17(18)22(15-4-5-19(32)27-23(15)16(8-33)28(34)45-27)25(31)26(24)36-30(37-29)43-11-14-10-40(2)6-7-42-14/h4-5,14H,3,6-7,9-13,34H2,1-2H3,(H,35,36,37)/t14-/m1/s1.